The Hall–Kier alpha value is -1.64. The van der Waals surface area contributed by atoms with Crippen LogP contribution in [0.2, 0.25) is 0 Å². The van der Waals surface area contributed by atoms with Crippen molar-refractivity contribution in [2.24, 2.45) is 5.84 Å². The van der Waals surface area contributed by atoms with E-state index in [1.165, 1.54) is 22.3 Å². The molecule has 2 atom stereocenters. The number of nitrogens with one attached hydrogen (secondary N) is 1. The lowest BCUT2D eigenvalue weighted by atomic mass is 9.72. The van der Waals surface area contributed by atoms with Gasteiger partial charge in [0.1, 0.15) is 0 Å². The first-order valence-electron chi connectivity index (χ1n) is 7.82. The molecule has 2 nitrogen and oxygen atoms in total. The Kier molecular flexibility index (Phi) is 4.09. The molecule has 0 saturated carbocycles. The third-order valence-corrected chi connectivity index (χ3v) is 4.70. The van der Waals surface area contributed by atoms with Gasteiger partial charge in [-0.1, -0.05) is 62.4 Å². The summed E-state index contributed by atoms with van der Waals surface area (Å²) in [6, 6.07) is 18.0. The lowest BCUT2D eigenvalue weighted by molar-refractivity contribution is 0.404. The van der Waals surface area contributed by atoms with Gasteiger partial charge in [0.25, 0.3) is 0 Å². The van der Waals surface area contributed by atoms with Crippen molar-refractivity contribution in [3.63, 3.8) is 0 Å². The molecule has 0 saturated heterocycles. The Balaban J connectivity index is 1.71. The number of hydrogen-bond acceptors (Lipinski definition) is 2. The van der Waals surface area contributed by atoms with Gasteiger partial charge in [-0.15, -0.1) is 0 Å². The second kappa shape index (κ2) is 6.00. The molecule has 0 bridgehead atoms. The molecule has 1 aliphatic carbocycles. The van der Waals surface area contributed by atoms with Gasteiger partial charge < -0.3 is 0 Å². The molecule has 0 spiro atoms. The van der Waals surface area contributed by atoms with E-state index >= 15 is 0 Å². The van der Waals surface area contributed by atoms with Crippen LogP contribution in [0.4, 0.5) is 0 Å². The lowest BCUT2D eigenvalue weighted by Gasteiger charge is -2.36. The Morgan fingerprint density at radius 1 is 1.10 bits per heavy atom. The molecule has 2 aromatic carbocycles. The first-order valence-corrected chi connectivity index (χ1v) is 7.82. The molecule has 0 fully saturated rings. The molecule has 21 heavy (non-hydrogen) atoms. The van der Waals surface area contributed by atoms with Gasteiger partial charge in [0.15, 0.2) is 0 Å². The largest absolute Gasteiger partial charge is 0.271 e. The van der Waals surface area contributed by atoms with Gasteiger partial charge in [-0.25, -0.2) is 0 Å². The SMILES string of the molecule is CC(C)c1ccc(CC(NN)C2Cc3ccccc32)cc1. The van der Waals surface area contributed by atoms with Crippen LogP contribution in [0.5, 0.6) is 0 Å². The number of fused-ring (bicyclic) bond motifs is 1. The van der Waals surface area contributed by atoms with Crippen molar-refractivity contribution in [3.05, 3.63) is 70.8 Å². The van der Waals surface area contributed by atoms with Crippen LogP contribution in [0, 0.1) is 0 Å². The zero-order valence-electron chi connectivity index (χ0n) is 12.8. The van der Waals surface area contributed by atoms with E-state index in [1.54, 1.807) is 0 Å². The Morgan fingerprint density at radius 2 is 1.81 bits per heavy atom. The highest BCUT2D eigenvalue weighted by atomic mass is 15.2. The average Bonchev–Trinajstić information content (AvgIpc) is 2.48. The smallest absolute Gasteiger partial charge is 0.0322 e. The molecule has 2 heteroatoms. The monoisotopic (exact) mass is 280 g/mol. The van der Waals surface area contributed by atoms with Crippen LogP contribution in [0.3, 0.4) is 0 Å². The van der Waals surface area contributed by atoms with Crippen LogP contribution in [0.1, 0.15) is 47.9 Å². The first kappa shape index (κ1) is 14.3. The summed E-state index contributed by atoms with van der Waals surface area (Å²) in [5.74, 6) is 6.94. The molecule has 110 valence electrons. The molecule has 0 radical (unpaired) electrons. The summed E-state index contributed by atoms with van der Waals surface area (Å²) in [5, 5.41) is 0. The molecule has 0 heterocycles. The molecule has 0 amide bonds. The molecule has 0 aromatic heterocycles. The minimum atomic E-state index is 0.310. The Morgan fingerprint density at radius 3 is 2.43 bits per heavy atom. The van der Waals surface area contributed by atoms with Crippen molar-refractivity contribution < 1.29 is 0 Å². The first-order chi connectivity index (χ1) is 10.2. The number of hydrogen-bond donors (Lipinski definition) is 2. The van der Waals surface area contributed by atoms with Gasteiger partial charge in [-0.3, -0.25) is 11.3 Å². The molecule has 0 aliphatic heterocycles. The third-order valence-electron chi connectivity index (χ3n) is 4.70. The van der Waals surface area contributed by atoms with E-state index in [9.17, 15) is 0 Å². The van der Waals surface area contributed by atoms with Crippen molar-refractivity contribution in [2.75, 3.05) is 0 Å². The van der Waals surface area contributed by atoms with Crippen molar-refractivity contribution in [2.45, 2.75) is 44.6 Å². The Bertz CT molecular complexity index is 601. The van der Waals surface area contributed by atoms with E-state index < -0.39 is 0 Å². The normalized spacial score (nSPS) is 18.2. The van der Waals surface area contributed by atoms with E-state index in [2.05, 4.69) is 67.8 Å². The van der Waals surface area contributed by atoms with E-state index in [1.807, 2.05) is 0 Å². The molecule has 2 unspecified atom stereocenters. The van der Waals surface area contributed by atoms with Crippen molar-refractivity contribution in [1.29, 1.82) is 0 Å². The minimum absolute atomic E-state index is 0.310. The minimum Gasteiger partial charge on any atom is -0.271 e. The second-order valence-corrected chi connectivity index (χ2v) is 6.38. The summed E-state index contributed by atoms with van der Waals surface area (Å²) in [6.07, 6.45) is 2.11. The molecule has 3 N–H and O–H groups in total. The highest BCUT2D eigenvalue weighted by molar-refractivity contribution is 5.41. The van der Waals surface area contributed by atoms with Crippen LogP contribution < -0.4 is 11.3 Å². The van der Waals surface area contributed by atoms with Crippen molar-refractivity contribution in [3.8, 4) is 0 Å². The Labute approximate surface area is 127 Å². The van der Waals surface area contributed by atoms with E-state index in [0.717, 1.165) is 12.8 Å². The summed E-state index contributed by atoms with van der Waals surface area (Å²) >= 11 is 0. The fourth-order valence-electron chi connectivity index (χ4n) is 3.27. The third kappa shape index (κ3) is 2.87. The number of nitrogens with two attached hydrogens (primary N) is 1. The predicted octanol–water partition coefficient (Wildman–Crippen LogP) is 3.52. The topological polar surface area (TPSA) is 38.0 Å². The molecular weight excluding hydrogens is 256 g/mol. The summed E-state index contributed by atoms with van der Waals surface area (Å²) < 4.78 is 0. The standard InChI is InChI=1S/C19H24N2/c1-13(2)15-9-7-14(8-10-15)11-19(21-20)18-12-16-5-3-4-6-17(16)18/h3-10,13,18-19,21H,11-12,20H2,1-2H3. The average molecular weight is 280 g/mol. The summed E-state index contributed by atoms with van der Waals surface area (Å²) in [6.45, 7) is 4.45. The van der Waals surface area contributed by atoms with Crippen LogP contribution in [-0.2, 0) is 12.8 Å². The van der Waals surface area contributed by atoms with Gasteiger partial charge in [0, 0.05) is 12.0 Å². The van der Waals surface area contributed by atoms with Gasteiger partial charge in [0.05, 0.1) is 0 Å². The maximum absolute atomic E-state index is 5.82. The van der Waals surface area contributed by atoms with Gasteiger partial charge >= 0.3 is 0 Å². The molecule has 2 aromatic rings. The summed E-state index contributed by atoms with van der Waals surface area (Å²) in [7, 11) is 0. The summed E-state index contributed by atoms with van der Waals surface area (Å²) in [5.41, 5.74) is 8.71. The fraction of sp³-hybridized carbons (Fsp3) is 0.368. The maximum Gasteiger partial charge on any atom is 0.0322 e. The fourth-order valence-corrected chi connectivity index (χ4v) is 3.27. The zero-order chi connectivity index (χ0) is 14.8. The van der Waals surface area contributed by atoms with Crippen LogP contribution in [-0.4, -0.2) is 6.04 Å². The highest BCUT2D eigenvalue weighted by Crippen LogP contribution is 2.38. The lowest BCUT2D eigenvalue weighted by Crippen LogP contribution is -2.45. The second-order valence-electron chi connectivity index (χ2n) is 6.38. The van der Waals surface area contributed by atoms with Crippen LogP contribution >= 0.6 is 0 Å². The number of benzene rings is 2. The van der Waals surface area contributed by atoms with Gasteiger partial charge in [-0.2, -0.15) is 0 Å². The van der Waals surface area contributed by atoms with Gasteiger partial charge in [0.2, 0.25) is 0 Å². The van der Waals surface area contributed by atoms with E-state index in [4.69, 9.17) is 5.84 Å². The van der Waals surface area contributed by atoms with Gasteiger partial charge in [-0.05, 0) is 41.0 Å². The zero-order valence-corrected chi connectivity index (χ0v) is 12.8. The van der Waals surface area contributed by atoms with Crippen molar-refractivity contribution in [1.82, 2.24) is 5.43 Å². The molecule has 3 rings (SSSR count). The molecular formula is C19H24N2. The summed E-state index contributed by atoms with van der Waals surface area (Å²) in [4.78, 5) is 0. The quantitative estimate of drug-likeness (QED) is 0.649. The molecule has 1 aliphatic rings. The maximum atomic E-state index is 5.82. The highest BCUT2D eigenvalue weighted by Gasteiger charge is 2.32. The van der Waals surface area contributed by atoms with Crippen LogP contribution in [0.25, 0.3) is 0 Å². The van der Waals surface area contributed by atoms with Crippen LogP contribution in [0.15, 0.2) is 48.5 Å². The number of rotatable bonds is 5. The predicted molar refractivity (Wildman–Crippen MR) is 88.2 cm³/mol. The van der Waals surface area contributed by atoms with E-state index in [0.29, 0.717) is 17.9 Å². The van der Waals surface area contributed by atoms with E-state index in [-0.39, 0.29) is 0 Å². The number of hydrazine groups is 1. The van der Waals surface area contributed by atoms with Crippen molar-refractivity contribution >= 4 is 0 Å².